The smallest absolute Gasteiger partial charge is 0.305 e. The van der Waals surface area contributed by atoms with Crippen LogP contribution in [0.5, 0.6) is 5.75 Å². The average molecular weight is 471 g/mol. The highest BCUT2D eigenvalue weighted by Crippen LogP contribution is 2.20. The molecule has 0 N–H and O–H groups in total. The number of carbonyl (C=O) groups is 1. The summed E-state index contributed by atoms with van der Waals surface area (Å²) in [4.78, 5) is 21.6. The van der Waals surface area contributed by atoms with Crippen LogP contribution in [0.4, 0.5) is 0 Å². The average Bonchev–Trinajstić information content (AvgIpc) is 3.40. The number of hydrogen-bond donors (Lipinski definition) is 0. The maximum Gasteiger partial charge on any atom is 0.305 e. The Hall–Kier alpha value is -4.39. The highest BCUT2D eigenvalue weighted by atomic mass is 16.6. The Bertz CT molecular complexity index is 1240. The van der Waals surface area contributed by atoms with Crippen molar-refractivity contribution in [1.82, 2.24) is 4.98 Å². The summed E-state index contributed by atoms with van der Waals surface area (Å²) in [5, 5.41) is 4.28. The van der Waals surface area contributed by atoms with E-state index in [4.69, 9.17) is 18.7 Å². The van der Waals surface area contributed by atoms with Crippen LogP contribution in [0, 0.1) is 0 Å². The quantitative estimate of drug-likeness (QED) is 0.157. The zero-order valence-electron chi connectivity index (χ0n) is 19.4. The van der Waals surface area contributed by atoms with Crippen molar-refractivity contribution in [2.45, 2.75) is 26.1 Å². The fourth-order valence-electron chi connectivity index (χ4n) is 3.31. The molecule has 1 heterocycles. The Balaban J connectivity index is 1.30. The molecule has 0 bridgehead atoms. The van der Waals surface area contributed by atoms with E-state index in [0.717, 1.165) is 16.7 Å². The number of benzene rings is 3. The van der Waals surface area contributed by atoms with Gasteiger partial charge < -0.3 is 18.7 Å². The molecule has 0 saturated heterocycles. The van der Waals surface area contributed by atoms with Crippen LogP contribution in [0.3, 0.4) is 0 Å². The zero-order chi connectivity index (χ0) is 24.3. The molecular weight excluding hydrogens is 444 g/mol. The summed E-state index contributed by atoms with van der Waals surface area (Å²) >= 11 is 0. The predicted octanol–water partition coefficient (Wildman–Crippen LogP) is 5.79. The molecule has 4 aromatic rings. The van der Waals surface area contributed by atoms with Crippen molar-refractivity contribution in [2.75, 3.05) is 7.11 Å². The summed E-state index contributed by atoms with van der Waals surface area (Å²) < 4.78 is 16.1. The molecule has 35 heavy (non-hydrogen) atoms. The fourth-order valence-corrected chi connectivity index (χ4v) is 3.31. The summed E-state index contributed by atoms with van der Waals surface area (Å²) in [6.45, 7) is 0.593. The summed E-state index contributed by atoms with van der Waals surface area (Å²) in [5.41, 5.74) is 4.17. The third kappa shape index (κ3) is 7.04. The molecule has 0 radical (unpaired) electrons. The van der Waals surface area contributed by atoms with Gasteiger partial charge in [0.05, 0.1) is 19.2 Å². The van der Waals surface area contributed by atoms with E-state index in [0.29, 0.717) is 42.7 Å². The molecule has 0 aliphatic carbocycles. The molecule has 0 fully saturated rings. The van der Waals surface area contributed by atoms with E-state index in [1.807, 2.05) is 84.9 Å². The minimum Gasteiger partial charge on any atom is -0.487 e. The molecule has 1 aromatic heterocycles. The number of carbonyl (C=O) groups excluding carboxylic acids is 1. The lowest BCUT2D eigenvalue weighted by Crippen LogP contribution is -2.08. The van der Waals surface area contributed by atoms with E-state index < -0.39 is 0 Å². The monoisotopic (exact) mass is 470 g/mol. The van der Waals surface area contributed by atoms with Gasteiger partial charge in [0.2, 0.25) is 5.89 Å². The van der Waals surface area contributed by atoms with Crippen molar-refractivity contribution in [3.05, 3.63) is 108 Å². The first-order valence-corrected chi connectivity index (χ1v) is 11.2. The topological polar surface area (TPSA) is 83.2 Å². The second kappa shape index (κ2) is 12.2. The number of nitrogens with zero attached hydrogens (tertiary/aromatic N) is 2. The molecule has 0 atom stereocenters. The molecule has 0 unspecified atom stereocenters. The van der Waals surface area contributed by atoms with Gasteiger partial charge in [0.25, 0.3) is 0 Å². The Morgan fingerprint density at radius 1 is 0.886 bits per heavy atom. The standard InChI is InChI=1S/C28H26N2O5/c1-32-27(31)17-16-26(22-8-4-2-5-9-22)30-35-18-21-12-14-25(15-13-21)33-19-24-20-34-28(29-24)23-10-6-3-7-11-23/h2-15,20H,16-19H2,1H3. The van der Waals surface area contributed by atoms with Gasteiger partial charge in [-0.05, 0) is 35.4 Å². The van der Waals surface area contributed by atoms with Crippen molar-refractivity contribution >= 4 is 11.7 Å². The normalized spacial score (nSPS) is 11.2. The summed E-state index contributed by atoms with van der Waals surface area (Å²) in [7, 11) is 1.37. The van der Waals surface area contributed by atoms with Gasteiger partial charge >= 0.3 is 5.97 Å². The van der Waals surface area contributed by atoms with Crippen molar-refractivity contribution in [1.29, 1.82) is 0 Å². The number of esters is 1. The molecule has 0 amide bonds. The molecule has 7 heteroatoms. The maximum atomic E-state index is 11.5. The highest BCUT2D eigenvalue weighted by molar-refractivity contribution is 6.01. The first-order chi connectivity index (χ1) is 17.2. The molecule has 178 valence electrons. The lowest BCUT2D eigenvalue weighted by Gasteiger charge is -2.08. The lowest BCUT2D eigenvalue weighted by molar-refractivity contribution is -0.140. The molecular formula is C28H26N2O5. The number of methoxy groups -OCH3 is 1. The minimum atomic E-state index is -0.286. The van der Waals surface area contributed by atoms with Crippen LogP contribution in [0.2, 0.25) is 0 Å². The summed E-state index contributed by atoms with van der Waals surface area (Å²) in [6.07, 6.45) is 2.27. The Kier molecular flexibility index (Phi) is 8.27. The van der Waals surface area contributed by atoms with Crippen molar-refractivity contribution in [3.8, 4) is 17.2 Å². The summed E-state index contributed by atoms with van der Waals surface area (Å²) in [5.74, 6) is 0.995. The Morgan fingerprint density at radius 3 is 2.31 bits per heavy atom. The van der Waals surface area contributed by atoms with Gasteiger partial charge in [-0.3, -0.25) is 4.79 Å². The SMILES string of the molecule is COC(=O)CCC(=NOCc1ccc(OCc2coc(-c3ccccc3)n2)cc1)c1ccccc1. The number of oxime groups is 1. The van der Waals surface area contributed by atoms with Crippen LogP contribution in [-0.2, 0) is 27.6 Å². The molecule has 3 aromatic carbocycles. The molecule has 0 saturated carbocycles. The van der Waals surface area contributed by atoms with Crippen molar-refractivity contribution in [3.63, 3.8) is 0 Å². The largest absolute Gasteiger partial charge is 0.487 e. The zero-order valence-corrected chi connectivity index (χ0v) is 19.4. The van der Waals surface area contributed by atoms with Gasteiger partial charge in [0.15, 0.2) is 0 Å². The number of ether oxygens (including phenoxy) is 2. The van der Waals surface area contributed by atoms with Crippen molar-refractivity contribution < 1.29 is 23.5 Å². The van der Waals surface area contributed by atoms with Crippen LogP contribution in [0.1, 0.15) is 29.7 Å². The predicted molar refractivity (Wildman–Crippen MR) is 132 cm³/mol. The minimum absolute atomic E-state index is 0.234. The third-order valence-corrected chi connectivity index (χ3v) is 5.19. The maximum absolute atomic E-state index is 11.5. The third-order valence-electron chi connectivity index (χ3n) is 5.19. The number of rotatable bonds is 11. The Morgan fingerprint density at radius 2 is 1.60 bits per heavy atom. The first kappa shape index (κ1) is 23.8. The second-order valence-electron chi connectivity index (χ2n) is 7.70. The van der Waals surface area contributed by atoms with E-state index in [9.17, 15) is 4.79 Å². The first-order valence-electron chi connectivity index (χ1n) is 11.2. The van der Waals surface area contributed by atoms with Gasteiger partial charge in [0, 0.05) is 12.0 Å². The number of aromatic nitrogens is 1. The summed E-state index contributed by atoms with van der Waals surface area (Å²) in [6, 6.07) is 26.9. The molecule has 0 aliphatic rings. The van der Waals surface area contributed by atoms with E-state index >= 15 is 0 Å². The van der Waals surface area contributed by atoms with Crippen LogP contribution in [0.25, 0.3) is 11.5 Å². The lowest BCUT2D eigenvalue weighted by atomic mass is 10.1. The molecule has 0 aliphatic heterocycles. The number of oxazole rings is 1. The fraction of sp³-hybridized carbons (Fsp3) is 0.179. The van der Waals surface area contributed by atoms with E-state index in [1.165, 1.54) is 7.11 Å². The van der Waals surface area contributed by atoms with Gasteiger partial charge in [-0.25, -0.2) is 4.98 Å². The van der Waals surface area contributed by atoms with Crippen LogP contribution in [-0.4, -0.2) is 23.8 Å². The molecule has 4 rings (SSSR count). The van der Waals surface area contributed by atoms with Gasteiger partial charge in [-0.15, -0.1) is 0 Å². The Labute approximate surface area is 204 Å². The highest BCUT2D eigenvalue weighted by Gasteiger charge is 2.09. The number of hydrogen-bond acceptors (Lipinski definition) is 7. The second-order valence-corrected chi connectivity index (χ2v) is 7.70. The van der Waals surface area contributed by atoms with E-state index in [-0.39, 0.29) is 12.4 Å². The van der Waals surface area contributed by atoms with Crippen LogP contribution < -0.4 is 4.74 Å². The van der Waals surface area contributed by atoms with Gasteiger partial charge in [-0.2, -0.15) is 0 Å². The van der Waals surface area contributed by atoms with Gasteiger partial charge in [0.1, 0.15) is 30.9 Å². The van der Waals surface area contributed by atoms with E-state index in [2.05, 4.69) is 10.1 Å². The van der Waals surface area contributed by atoms with Crippen LogP contribution in [0.15, 0.2) is 101 Å². The molecule has 7 nitrogen and oxygen atoms in total. The van der Waals surface area contributed by atoms with Crippen LogP contribution >= 0.6 is 0 Å². The van der Waals surface area contributed by atoms with Gasteiger partial charge in [-0.1, -0.05) is 65.8 Å². The molecule has 0 spiro atoms. The van der Waals surface area contributed by atoms with Crippen molar-refractivity contribution in [2.24, 2.45) is 5.16 Å². The van der Waals surface area contributed by atoms with E-state index in [1.54, 1.807) is 6.26 Å².